The highest BCUT2D eigenvalue weighted by molar-refractivity contribution is 5.81. The lowest BCUT2D eigenvalue weighted by atomic mass is 9.85. The second-order valence-electron chi connectivity index (χ2n) is 9.79. The van der Waals surface area contributed by atoms with E-state index in [9.17, 15) is 14.7 Å². The molecule has 0 saturated carbocycles. The van der Waals surface area contributed by atoms with Crippen LogP contribution in [0.3, 0.4) is 0 Å². The molecule has 1 amide bonds. The van der Waals surface area contributed by atoms with Gasteiger partial charge in [0.1, 0.15) is 12.6 Å². The largest absolute Gasteiger partial charge is 0.480 e. The lowest BCUT2D eigenvalue weighted by Gasteiger charge is -2.37. The molecule has 1 N–H and O–H groups in total. The molecule has 1 aliphatic carbocycles. The Labute approximate surface area is 185 Å². The van der Waals surface area contributed by atoms with Gasteiger partial charge in [0.15, 0.2) is 0 Å². The number of carbonyl (C=O) groups excluding carboxylic acids is 1. The maximum absolute atomic E-state index is 13.2. The zero-order chi connectivity index (χ0) is 22.8. The average molecular weight is 424 g/mol. The fourth-order valence-corrected chi connectivity index (χ4v) is 4.37. The summed E-state index contributed by atoms with van der Waals surface area (Å²) in [5.74, 6) is -0.718. The average Bonchev–Trinajstić information content (AvgIpc) is 3.01. The molecule has 31 heavy (non-hydrogen) atoms. The molecule has 2 aromatic rings. The van der Waals surface area contributed by atoms with E-state index in [1.165, 1.54) is 4.90 Å². The predicted molar refractivity (Wildman–Crippen MR) is 122 cm³/mol. The maximum Gasteiger partial charge on any atom is 0.410 e. The van der Waals surface area contributed by atoms with Gasteiger partial charge in [-0.25, -0.2) is 9.59 Å². The minimum atomic E-state index is -1.01. The number of carbonyl (C=O) groups is 2. The Morgan fingerprint density at radius 1 is 1.00 bits per heavy atom. The van der Waals surface area contributed by atoms with Crippen LogP contribution < -0.4 is 0 Å². The van der Waals surface area contributed by atoms with E-state index in [4.69, 9.17) is 4.74 Å². The number of nitrogens with zero attached hydrogens (tertiary/aromatic N) is 1. The Hall–Kier alpha value is -2.82. The summed E-state index contributed by atoms with van der Waals surface area (Å²) < 4.78 is 5.78. The van der Waals surface area contributed by atoms with Crippen molar-refractivity contribution in [2.75, 3.05) is 13.2 Å². The van der Waals surface area contributed by atoms with Crippen LogP contribution in [0, 0.1) is 11.3 Å². The number of carboxylic acids is 1. The summed E-state index contributed by atoms with van der Waals surface area (Å²) in [6, 6.07) is 15.4. The number of carboxylic acid groups (broad SMARTS) is 1. The maximum atomic E-state index is 13.2. The van der Waals surface area contributed by atoms with Gasteiger partial charge in [0, 0.05) is 12.5 Å². The standard InChI is InChI=1S/C26H33NO4/c1-17(2)14-15-27(23(24(28)29)26(3,4)5)25(30)31-16-22-20-12-8-6-10-18(20)19-11-7-9-13-21(19)22/h6-13,17,22-23H,14-16H2,1-5H3,(H,28,29). The molecule has 5 nitrogen and oxygen atoms in total. The van der Waals surface area contributed by atoms with Crippen LogP contribution >= 0.6 is 0 Å². The van der Waals surface area contributed by atoms with Gasteiger partial charge in [-0.05, 0) is 40.0 Å². The molecule has 1 unspecified atom stereocenters. The third-order valence-corrected chi connectivity index (χ3v) is 5.88. The van der Waals surface area contributed by atoms with Crippen LogP contribution in [0.25, 0.3) is 11.1 Å². The Bertz CT molecular complexity index is 899. The lowest BCUT2D eigenvalue weighted by molar-refractivity contribution is -0.147. The quantitative estimate of drug-likeness (QED) is 0.613. The van der Waals surface area contributed by atoms with Crippen molar-refractivity contribution in [2.24, 2.45) is 11.3 Å². The van der Waals surface area contributed by atoms with E-state index < -0.39 is 23.5 Å². The smallest absolute Gasteiger partial charge is 0.410 e. The molecule has 0 spiro atoms. The highest BCUT2D eigenvalue weighted by Gasteiger charge is 2.40. The van der Waals surface area contributed by atoms with Gasteiger partial charge in [-0.3, -0.25) is 4.90 Å². The van der Waals surface area contributed by atoms with Gasteiger partial charge in [0.2, 0.25) is 0 Å². The first-order valence-corrected chi connectivity index (χ1v) is 11.0. The van der Waals surface area contributed by atoms with E-state index in [0.29, 0.717) is 18.9 Å². The fraction of sp³-hybridized carbons (Fsp3) is 0.462. The SMILES string of the molecule is CC(C)CCN(C(=O)OCC1c2ccccc2-c2ccccc21)C(C(=O)O)C(C)(C)C. The number of hydrogen-bond acceptors (Lipinski definition) is 3. The van der Waals surface area contributed by atoms with Gasteiger partial charge < -0.3 is 9.84 Å². The summed E-state index contributed by atoms with van der Waals surface area (Å²) in [7, 11) is 0. The topological polar surface area (TPSA) is 66.8 Å². The number of fused-ring (bicyclic) bond motifs is 3. The van der Waals surface area contributed by atoms with E-state index in [1.807, 2.05) is 45.0 Å². The van der Waals surface area contributed by atoms with Crippen molar-refractivity contribution in [3.8, 4) is 11.1 Å². The molecule has 5 heteroatoms. The highest BCUT2D eigenvalue weighted by atomic mass is 16.6. The normalized spacial score (nSPS) is 14.1. The minimum Gasteiger partial charge on any atom is -0.480 e. The Balaban J connectivity index is 1.83. The molecule has 0 aliphatic heterocycles. The van der Waals surface area contributed by atoms with Gasteiger partial charge in [-0.1, -0.05) is 83.1 Å². The summed E-state index contributed by atoms with van der Waals surface area (Å²) >= 11 is 0. The van der Waals surface area contributed by atoms with Crippen LogP contribution in [0.2, 0.25) is 0 Å². The summed E-state index contributed by atoms with van der Waals surface area (Å²) in [6.45, 7) is 10.2. The second-order valence-corrected chi connectivity index (χ2v) is 9.79. The predicted octanol–water partition coefficient (Wildman–Crippen LogP) is 5.78. The third kappa shape index (κ3) is 4.92. The summed E-state index contributed by atoms with van der Waals surface area (Å²) in [6.07, 6.45) is 0.147. The van der Waals surface area contributed by atoms with Crippen LogP contribution in [0.4, 0.5) is 4.79 Å². The summed E-state index contributed by atoms with van der Waals surface area (Å²) in [5.41, 5.74) is 3.98. The van der Waals surface area contributed by atoms with Crippen molar-refractivity contribution in [3.05, 3.63) is 59.7 Å². The number of benzene rings is 2. The zero-order valence-electron chi connectivity index (χ0n) is 19.1. The zero-order valence-corrected chi connectivity index (χ0v) is 19.1. The Morgan fingerprint density at radius 3 is 1.97 bits per heavy atom. The molecule has 0 radical (unpaired) electrons. The number of aliphatic carboxylic acids is 1. The molecule has 2 aromatic carbocycles. The monoisotopic (exact) mass is 423 g/mol. The van der Waals surface area contributed by atoms with Crippen molar-refractivity contribution in [1.29, 1.82) is 0 Å². The molecule has 0 saturated heterocycles. The summed E-state index contributed by atoms with van der Waals surface area (Å²) in [4.78, 5) is 26.6. The molecule has 1 aliphatic rings. The van der Waals surface area contributed by atoms with Crippen LogP contribution in [-0.2, 0) is 9.53 Å². The van der Waals surface area contributed by atoms with Crippen molar-refractivity contribution in [3.63, 3.8) is 0 Å². The first-order valence-electron chi connectivity index (χ1n) is 11.0. The minimum absolute atomic E-state index is 0.0544. The fourth-order valence-electron chi connectivity index (χ4n) is 4.37. The van der Waals surface area contributed by atoms with Gasteiger partial charge in [0.25, 0.3) is 0 Å². The molecule has 0 heterocycles. The number of rotatable bonds is 7. The molecule has 1 atom stereocenters. The van der Waals surface area contributed by atoms with Gasteiger partial charge >= 0.3 is 12.1 Å². The van der Waals surface area contributed by atoms with E-state index in [2.05, 4.69) is 38.1 Å². The molecule has 166 valence electrons. The van der Waals surface area contributed by atoms with E-state index >= 15 is 0 Å². The molecule has 0 fully saturated rings. The van der Waals surface area contributed by atoms with Crippen molar-refractivity contribution in [2.45, 2.75) is 53.0 Å². The summed E-state index contributed by atoms with van der Waals surface area (Å²) in [5, 5.41) is 9.88. The van der Waals surface area contributed by atoms with Crippen LogP contribution in [0.1, 0.15) is 58.1 Å². The van der Waals surface area contributed by atoms with Crippen LogP contribution in [0.15, 0.2) is 48.5 Å². The van der Waals surface area contributed by atoms with Crippen molar-refractivity contribution < 1.29 is 19.4 Å². The van der Waals surface area contributed by atoms with E-state index in [1.54, 1.807) is 0 Å². The molecule has 0 bridgehead atoms. The van der Waals surface area contributed by atoms with Gasteiger partial charge in [0.05, 0.1) is 0 Å². The van der Waals surface area contributed by atoms with E-state index in [-0.39, 0.29) is 12.5 Å². The van der Waals surface area contributed by atoms with Crippen LogP contribution in [0.5, 0.6) is 0 Å². The van der Waals surface area contributed by atoms with Crippen molar-refractivity contribution in [1.82, 2.24) is 4.90 Å². The third-order valence-electron chi connectivity index (χ3n) is 5.88. The van der Waals surface area contributed by atoms with Gasteiger partial charge in [-0.15, -0.1) is 0 Å². The van der Waals surface area contributed by atoms with Crippen LogP contribution in [-0.4, -0.2) is 41.3 Å². The number of ether oxygens (including phenoxy) is 1. The first kappa shape index (κ1) is 22.9. The van der Waals surface area contributed by atoms with Crippen molar-refractivity contribution >= 4 is 12.1 Å². The molecule has 0 aromatic heterocycles. The number of amides is 1. The number of hydrogen-bond donors (Lipinski definition) is 1. The second kappa shape index (κ2) is 9.13. The lowest BCUT2D eigenvalue weighted by Crippen LogP contribution is -2.52. The first-order chi connectivity index (χ1) is 14.6. The Kier molecular flexibility index (Phi) is 6.73. The van der Waals surface area contributed by atoms with Gasteiger partial charge in [-0.2, -0.15) is 0 Å². The molecule has 3 rings (SSSR count). The van der Waals surface area contributed by atoms with E-state index in [0.717, 1.165) is 22.3 Å². The molecular weight excluding hydrogens is 390 g/mol. The highest BCUT2D eigenvalue weighted by Crippen LogP contribution is 2.44. The Morgan fingerprint density at radius 2 is 1.52 bits per heavy atom. The molecular formula is C26H33NO4.